The summed E-state index contributed by atoms with van der Waals surface area (Å²) in [7, 11) is 1.78. The van der Waals surface area contributed by atoms with E-state index in [4.69, 9.17) is 11.6 Å². The smallest absolute Gasteiger partial charge is 0.269 e. The van der Waals surface area contributed by atoms with E-state index in [1.54, 1.807) is 17.8 Å². The molecule has 0 aliphatic carbocycles. The topological polar surface area (TPSA) is 50.2 Å². The van der Waals surface area contributed by atoms with Gasteiger partial charge in [0.15, 0.2) is 0 Å². The van der Waals surface area contributed by atoms with Gasteiger partial charge in [0.05, 0.1) is 10.7 Å². The normalized spacial score (nSPS) is 12.4. The van der Waals surface area contributed by atoms with Crippen LogP contribution in [0.15, 0.2) is 30.3 Å². The van der Waals surface area contributed by atoms with E-state index in [0.717, 1.165) is 38.0 Å². The van der Waals surface area contributed by atoms with Crippen molar-refractivity contribution in [2.75, 3.05) is 19.6 Å². The first-order chi connectivity index (χ1) is 12.5. The summed E-state index contributed by atoms with van der Waals surface area (Å²) >= 11 is 6.24. The molecule has 1 N–H and O–H groups in total. The highest BCUT2D eigenvalue weighted by Gasteiger charge is 2.17. The van der Waals surface area contributed by atoms with Gasteiger partial charge in [-0.15, -0.1) is 0 Å². The summed E-state index contributed by atoms with van der Waals surface area (Å²) in [5.41, 5.74) is 2.07. The molecule has 1 unspecified atom stereocenters. The summed E-state index contributed by atoms with van der Waals surface area (Å²) < 4.78 is 1.61. The zero-order valence-corrected chi connectivity index (χ0v) is 16.9. The number of amides is 1. The summed E-state index contributed by atoms with van der Waals surface area (Å²) in [5.74, 6) is -0.103. The molecule has 2 aromatic rings. The highest BCUT2D eigenvalue weighted by molar-refractivity contribution is 6.33. The summed E-state index contributed by atoms with van der Waals surface area (Å²) in [5, 5.41) is 8.14. The van der Waals surface area contributed by atoms with Crippen LogP contribution in [0.25, 0.3) is 11.3 Å². The van der Waals surface area contributed by atoms with E-state index in [9.17, 15) is 4.79 Å². The molecule has 0 fully saturated rings. The van der Waals surface area contributed by atoms with Crippen molar-refractivity contribution in [1.29, 1.82) is 0 Å². The number of carbonyl (C=O) groups excluding carboxylic acids is 1. The molecule has 142 valence electrons. The molecule has 26 heavy (non-hydrogen) atoms. The van der Waals surface area contributed by atoms with Gasteiger partial charge < -0.3 is 10.2 Å². The number of nitrogens with one attached hydrogen (secondary N) is 1. The van der Waals surface area contributed by atoms with Crippen molar-refractivity contribution in [3.63, 3.8) is 0 Å². The lowest BCUT2D eigenvalue weighted by Gasteiger charge is -2.19. The minimum absolute atomic E-state index is 0.103. The SMILES string of the molecule is CCN(CC)CCCC(C)NC(=O)c1cc(-c2ccccc2Cl)nn1C. The van der Waals surface area contributed by atoms with E-state index in [0.29, 0.717) is 16.4 Å². The first-order valence-corrected chi connectivity index (χ1v) is 9.66. The number of carbonyl (C=O) groups is 1. The lowest BCUT2D eigenvalue weighted by atomic mass is 10.1. The summed E-state index contributed by atoms with van der Waals surface area (Å²) in [4.78, 5) is 15.0. The third kappa shape index (κ3) is 5.32. The van der Waals surface area contributed by atoms with Crippen molar-refractivity contribution in [2.45, 2.75) is 39.7 Å². The third-order valence-electron chi connectivity index (χ3n) is 4.65. The van der Waals surface area contributed by atoms with Crippen LogP contribution in [0.2, 0.25) is 5.02 Å². The molecule has 1 aromatic carbocycles. The Morgan fingerprint density at radius 3 is 2.65 bits per heavy atom. The van der Waals surface area contributed by atoms with Crippen LogP contribution >= 0.6 is 11.6 Å². The van der Waals surface area contributed by atoms with Gasteiger partial charge in [-0.2, -0.15) is 5.10 Å². The molecule has 0 radical (unpaired) electrons. The van der Waals surface area contributed by atoms with Crippen molar-refractivity contribution >= 4 is 17.5 Å². The zero-order chi connectivity index (χ0) is 19.1. The minimum atomic E-state index is -0.103. The predicted octanol–water partition coefficient (Wildman–Crippen LogP) is 3.98. The van der Waals surface area contributed by atoms with Gasteiger partial charge in [0, 0.05) is 18.7 Å². The Hall–Kier alpha value is -1.85. The summed E-state index contributed by atoms with van der Waals surface area (Å²) in [6.45, 7) is 9.59. The van der Waals surface area contributed by atoms with Crippen molar-refractivity contribution in [1.82, 2.24) is 20.0 Å². The molecule has 0 saturated carbocycles. The average molecular weight is 377 g/mol. The monoisotopic (exact) mass is 376 g/mol. The molecule has 0 saturated heterocycles. The largest absolute Gasteiger partial charge is 0.348 e. The average Bonchev–Trinajstić information content (AvgIpc) is 3.00. The van der Waals surface area contributed by atoms with Crippen LogP contribution in [0, 0.1) is 0 Å². The second kappa shape index (κ2) is 9.74. The molecule has 0 spiro atoms. The van der Waals surface area contributed by atoms with E-state index in [2.05, 4.69) is 29.2 Å². The lowest BCUT2D eigenvalue weighted by molar-refractivity contribution is 0.0927. The molecule has 1 heterocycles. The van der Waals surface area contributed by atoms with Crippen LogP contribution in [0.4, 0.5) is 0 Å². The van der Waals surface area contributed by atoms with Gasteiger partial charge in [0.2, 0.25) is 0 Å². The maximum absolute atomic E-state index is 12.6. The van der Waals surface area contributed by atoms with Gasteiger partial charge >= 0.3 is 0 Å². The van der Waals surface area contributed by atoms with E-state index in [-0.39, 0.29) is 11.9 Å². The molecule has 5 nitrogen and oxygen atoms in total. The Bertz CT molecular complexity index is 724. The number of halogens is 1. The molecular formula is C20H29ClN4O. The van der Waals surface area contributed by atoms with Crippen LogP contribution < -0.4 is 5.32 Å². The maximum Gasteiger partial charge on any atom is 0.269 e. The fourth-order valence-corrected chi connectivity index (χ4v) is 3.24. The van der Waals surface area contributed by atoms with E-state index in [1.165, 1.54) is 0 Å². The first kappa shape index (κ1) is 20.5. The standard InChI is InChI=1S/C20H29ClN4O/c1-5-25(6-2)13-9-10-15(3)22-20(26)19-14-18(23-24(19)4)16-11-7-8-12-17(16)21/h7-8,11-12,14-15H,5-6,9-10,13H2,1-4H3,(H,22,26). The number of nitrogens with zero attached hydrogens (tertiary/aromatic N) is 3. The maximum atomic E-state index is 12.6. The number of rotatable bonds is 9. The van der Waals surface area contributed by atoms with Gasteiger partial charge in [-0.3, -0.25) is 9.48 Å². The van der Waals surface area contributed by atoms with E-state index in [1.807, 2.05) is 31.2 Å². The van der Waals surface area contributed by atoms with Crippen LogP contribution in [0.3, 0.4) is 0 Å². The van der Waals surface area contributed by atoms with Crippen LogP contribution in [-0.4, -0.2) is 46.3 Å². The predicted molar refractivity (Wildman–Crippen MR) is 108 cm³/mol. The highest BCUT2D eigenvalue weighted by atomic mass is 35.5. The van der Waals surface area contributed by atoms with Gasteiger partial charge in [-0.1, -0.05) is 43.6 Å². The van der Waals surface area contributed by atoms with Crippen LogP contribution in [0.5, 0.6) is 0 Å². The quantitative estimate of drug-likeness (QED) is 0.720. The summed E-state index contributed by atoms with van der Waals surface area (Å²) in [6.07, 6.45) is 2.02. The number of hydrogen-bond acceptors (Lipinski definition) is 3. The molecule has 2 rings (SSSR count). The fourth-order valence-electron chi connectivity index (χ4n) is 3.01. The number of aromatic nitrogens is 2. The van der Waals surface area contributed by atoms with Gasteiger partial charge in [-0.25, -0.2) is 0 Å². The Balaban J connectivity index is 1.96. The van der Waals surface area contributed by atoms with Gasteiger partial charge in [0.1, 0.15) is 5.69 Å². The second-order valence-electron chi connectivity index (χ2n) is 6.56. The van der Waals surface area contributed by atoms with Crippen LogP contribution in [-0.2, 0) is 7.05 Å². The number of aryl methyl sites for hydroxylation is 1. The molecule has 1 aromatic heterocycles. The molecule has 6 heteroatoms. The molecule has 0 aliphatic heterocycles. The molecule has 0 aliphatic rings. The fraction of sp³-hybridized carbons (Fsp3) is 0.500. The first-order valence-electron chi connectivity index (χ1n) is 9.28. The lowest BCUT2D eigenvalue weighted by Crippen LogP contribution is -2.34. The Labute approximate surface area is 161 Å². The minimum Gasteiger partial charge on any atom is -0.348 e. The highest BCUT2D eigenvalue weighted by Crippen LogP contribution is 2.26. The summed E-state index contributed by atoms with van der Waals surface area (Å²) in [6, 6.07) is 9.43. The zero-order valence-electron chi connectivity index (χ0n) is 16.1. The molecule has 1 atom stereocenters. The molecule has 0 bridgehead atoms. The van der Waals surface area contributed by atoms with Crippen molar-refractivity contribution in [2.24, 2.45) is 7.05 Å². The Kier molecular flexibility index (Phi) is 7.66. The Morgan fingerprint density at radius 2 is 2.00 bits per heavy atom. The van der Waals surface area contributed by atoms with Crippen molar-refractivity contribution in [3.8, 4) is 11.3 Å². The second-order valence-corrected chi connectivity index (χ2v) is 6.97. The number of benzene rings is 1. The van der Waals surface area contributed by atoms with E-state index >= 15 is 0 Å². The molecule has 1 amide bonds. The van der Waals surface area contributed by atoms with Crippen molar-refractivity contribution in [3.05, 3.63) is 41.0 Å². The number of hydrogen-bond donors (Lipinski definition) is 1. The van der Waals surface area contributed by atoms with Crippen LogP contribution in [0.1, 0.15) is 44.1 Å². The van der Waals surface area contributed by atoms with E-state index < -0.39 is 0 Å². The Morgan fingerprint density at radius 1 is 1.31 bits per heavy atom. The van der Waals surface area contributed by atoms with Crippen molar-refractivity contribution < 1.29 is 4.79 Å². The van der Waals surface area contributed by atoms with Gasteiger partial charge in [-0.05, 0) is 51.5 Å². The molecular weight excluding hydrogens is 348 g/mol. The van der Waals surface area contributed by atoms with Gasteiger partial charge in [0.25, 0.3) is 5.91 Å². The third-order valence-corrected chi connectivity index (χ3v) is 4.98.